The fourth-order valence-electron chi connectivity index (χ4n) is 0.914. The monoisotopic (exact) mass is 217 g/mol. The number of nitrogens with two attached hydrogens (primary N) is 1. The van der Waals surface area contributed by atoms with Crippen molar-refractivity contribution < 1.29 is 9.59 Å². The lowest BCUT2D eigenvalue weighted by molar-refractivity contribution is -0.114. The van der Waals surface area contributed by atoms with Gasteiger partial charge in [0.15, 0.2) is 0 Å². The third kappa shape index (κ3) is 4.71. The van der Waals surface area contributed by atoms with Gasteiger partial charge < -0.3 is 11.1 Å². The molecule has 0 atom stereocenters. The van der Waals surface area contributed by atoms with Crippen LogP contribution >= 0.6 is 0 Å². The van der Waals surface area contributed by atoms with Crippen LogP contribution in [-0.4, -0.2) is 16.8 Å². The van der Waals surface area contributed by atoms with Crippen LogP contribution in [0.4, 0.5) is 5.69 Å². The van der Waals surface area contributed by atoms with E-state index in [1.165, 1.54) is 24.4 Å². The van der Waals surface area contributed by atoms with E-state index in [0.29, 0.717) is 5.69 Å². The summed E-state index contributed by atoms with van der Waals surface area (Å²) in [5.74, 6) is -0.862. The van der Waals surface area contributed by atoms with Gasteiger partial charge >= 0.3 is 0 Å². The maximum atomic E-state index is 11.3. The highest BCUT2D eigenvalue weighted by atomic mass is 16.1. The van der Waals surface area contributed by atoms with E-state index < -0.39 is 5.91 Å². The summed E-state index contributed by atoms with van der Waals surface area (Å²) in [6.07, 6.45) is 8.41. The number of nitrogens with one attached hydrogen (secondary N) is 1. The van der Waals surface area contributed by atoms with Gasteiger partial charge in [0.1, 0.15) is 0 Å². The Morgan fingerprint density at radius 1 is 1.31 bits per heavy atom. The Morgan fingerprint density at radius 3 is 2.69 bits per heavy atom. The van der Waals surface area contributed by atoms with Crippen LogP contribution in [0.3, 0.4) is 0 Å². The molecule has 1 aromatic heterocycles. The van der Waals surface area contributed by atoms with E-state index in [2.05, 4.69) is 10.3 Å². The first kappa shape index (κ1) is 11.6. The number of aromatic nitrogens is 1. The minimum absolute atomic E-state index is 0.304. The van der Waals surface area contributed by atoms with Crippen molar-refractivity contribution in [3.63, 3.8) is 0 Å². The molecule has 0 unspecified atom stereocenters. The van der Waals surface area contributed by atoms with Gasteiger partial charge in [-0.1, -0.05) is 12.2 Å². The van der Waals surface area contributed by atoms with E-state index in [1.54, 1.807) is 18.3 Å². The molecule has 0 fully saturated rings. The minimum Gasteiger partial charge on any atom is -0.366 e. The number of nitrogens with zero attached hydrogens (tertiary/aromatic N) is 1. The number of anilines is 1. The minimum atomic E-state index is -0.558. The summed E-state index contributed by atoms with van der Waals surface area (Å²) in [6, 6.07) is 3.43. The predicted molar refractivity (Wildman–Crippen MR) is 60.3 cm³/mol. The molecule has 0 bridgehead atoms. The zero-order valence-electron chi connectivity index (χ0n) is 8.46. The molecule has 16 heavy (non-hydrogen) atoms. The summed E-state index contributed by atoms with van der Waals surface area (Å²) in [5, 5.41) is 2.59. The highest BCUT2D eigenvalue weighted by Gasteiger charge is 1.95. The van der Waals surface area contributed by atoms with Crippen LogP contribution < -0.4 is 11.1 Å². The summed E-state index contributed by atoms with van der Waals surface area (Å²) >= 11 is 0. The molecule has 0 aliphatic rings. The largest absolute Gasteiger partial charge is 0.366 e. The van der Waals surface area contributed by atoms with E-state index in [1.807, 2.05) is 0 Å². The molecule has 5 nitrogen and oxygen atoms in total. The molecular formula is C11H11N3O2. The highest BCUT2D eigenvalue weighted by molar-refractivity contribution is 5.99. The Hall–Kier alpha value is -2.43. The number of carbonyl (C=O) groups excluding carboxylic acids is 2. The molecule has 1 heterocycles. The molecule has 0 aliphatic carbocycles. The van der Waals surface area contributed by atoms with Gasteiger partial charge in [-0.3, -0.25) is 14.6 Å². The third-order valence-corrected chi connectivity index (χ3v) is 1.55. The van der Waals surface area contributed by atoms with E-state index >= 15 is 0 Å². The number of rotatable bonds is 4. The molecule has 0 spiro atoms. The summed E-state index contributed by atoms with van der Waals surface area (Å²) < 4.78 is 0. The van der Waals surface area contributed by atoms with Crippen LogP contribution in [0, 0.1) is 0 Å². The first-order valence-electron chi connectivity index (χ1n) is 4.53. The summed E-state index contributed by atoms with van der Waals surface area (Å²) in [4.78, 5) is 25.5. The molecule has 82 valence electrons. The number of allylic oxidation sites excluding steroid dienone is 2. The van der Waals surface area contributed by atoms with Gasteiger partial charge in [0, 0.05) is 18.3 Å². The van der Waals surface area contributed by atoms with Crippen LogP contribution in [0.25, 0.3) is 0 Å². The van der Waals surface area contributed by atoms with Gasteiger partial charge in [0.05, 0.1) is 11.9 Å². The topological polar surface area (TPSA) is 85.1 Å². The van der Waals surface area contributed by atoms with E-state index in [9.17, 15) is 9.59 Å². The van der Waals surface area contributed by atoms with Gasteiger partial charge in [-0.15, -0.1) is 0 Å². The molecule has 3 N–H and O–H groups in total. The summed E-state index contributed by atoms with van der Waals surface area (Å²) in [6.45, 7) is 0. The fourth-order valence-corrected chi connectivity index (χ4v) is 0.914. The lowest BCUT2D eigenvalue weighted by Crippen LogP contribution is -2.07. The average Bonchev–Trinajstić information content (AvgIpc) is 2.25. The van der Waals surface area contributed by atoms with E-state index in [-0.39, 0.29) is 5.91 Å². The molecule has 1 rings (SSSR count). The number of hydrogen-bond donors (Lipinski definition) is 2. The molecule has 5 heteroatoms. The Bertz CT molecular complexity index is 424. The van der Waals surface area contributed by atoms with Gasteiger partial charge in [-0.25, -0.2) is 0 Å². The standard InChI is InChI=1S/C11H11N3O2/c12-10(15)5-1-2-6-11(16)14-9-4-3-7-13-8-9/h1-8H,(H2,12,15)(H,14,16)/b5-1+,6-2+. The van der Waals surface area contributed by atoms with Crippen molar-refractivity contribution in [1.29, 1.82) is 0 Å². The molecular weight excluding hydrogens is 206 g/mol. The van der Waals surface area contributed by atoms with Crippen LogP contribution in [0.15, 0.2) is 48.8 Å². The molecule has 0 aliphatic heterocycles. The van der Waals surface area contributed by atoms with Crippen LogP contribution in [0.1, 0.15) is 0 Å². The SMILES string of the molecule is NC(=O)/C=C/C=C/C(=O)Nc1cccnc1. The second kappa shape index (κ2) is 6.13. The molecule has 0 aromatic carbocycles. The van der Waals surface area contributed by atoms with Crippen molar-refractivity contribution in [3.8, 4) is 0 Å². The van der Waals surface area contributed by atoms with Crippen molar-refractivity contribution in [2.24, 2.45) is 5.73 Å². The van der Waals surface area contributed by atoms with E-state index in [4.69, 9.17) is 5.73 Å². The average molecular weight is 217 g/mol. The van der Waals surface area contributed by atoms with Gasteiger partial charge in [0.25, 0.3) is 0 Å². The number of amides is 2. The zero-order chi connectivity index (χ0) is 11.8. The maximum Gasteiger partial charge on any atom is 0.248 e. The predicted octanol–water partition coefficient (Wildman–Crippen LogP) is 0.618. The highest BCUT2D eigenvalue weighted by Crippen LogP contribution is 2.01. The quantitative estimate of drug-likeness (QED) is 0.572. The number of carbonyl (C=O) groups is 2. The Morgan fingerprint density at radius 2 is 2.06 bits per heavy atom. The Kier molecular flexibility index (Phi) is 4.46. The lowest BCUT2D eigenvalue weighted by Gasteiger charge is -1.98. The van der Waals surface area contributed by atoms with Crippen molar-refractivity contribution in [1.82, 2.24) is 4.98 Å². The lowest BCUT2D eigenvalue weighted by atomic mass is 10.4. The Balaban J connectivity index is 2.45. The first-order valence-corrected chi connectivity index (χ1v) is 4.53. The van der Waals surface area contributed by atoms with Crippen LogP contribution in [-0.2, 0) is 9.59 Å². The first-order chi connectivity index (χ1) is 7.68. The van der Waals surface area contributed by atoms with E-state index in [0.717, 1.165) is 6.08 Å². The van der Waals surface area contributed by atoms with Gasteiger partial charge in [-0.05, 0) is 12.1 Å². The fraction of sp³-hybridized carbons (Fsp3) is 0. The molecule has 0 saturated heterocycles. The second-order valence-electron chi connectivity index (χ2n) is 2.85. The van der Waals surface area contributed by atoms with Crippen molar-refractivity contribution in [2.45, 2.75) is 0 Å². The number of primary amides is 1. The van der Waals surface area contributed by atoms with Gasteiger partial charge in [-0.2, -0.15) is 0 Å². The summed E-state index contributed by atoms with van der Waals surface area (Å²) in [5.41, 5.74) is 5.47. The molecule has 1 aromatic rings. The molecule has 2 amide bonds. The van der Waals surface area contributed by atoms with Crippen LogP contribution in [0.5, 0.6) is 0 Å². The molecule has 0 radical (unpaired) electrons. The van der Waals surface area contributed by atoms with Crippen molar-refractivity contribution in [2.75, 3.05) is 5.32 Å². The Labute approximate surface area is 92.7 Å². The maximum absolute atomic E-state index is 11.3. The normalized spacial score (nSPS) is 10.8. The third-order valence-electron chi connectivity index (χ3n) is 1.55. The van der Waals surface area contributed by atoms with Gasteiger partial charge in [0.2, 0.25) is 11.8 Å². The van der Waals surface area contributed by atoms with Crippen LogP contribution in [0.2, 0.25) is 0 Å². The summed E-state index contributed by atoms with van der Waals surface area (Å²) in [7, 11) is 0. The number of hydrogen-bond acceptors (Lipinski definition) is 3. The molecule has 0 saturated carbocycles. The number of pyridine rings is 1. The second-order valence-corrected chi connectivity index (χ2v) is 2.85. The van der Waals surface area contributed by atoms with Crippen molar-refractivity contribution in [3.05, 3.63) is 48.8 Å². The van der Waals surface area contributed by atoms with Crippen molar-refractivity contribution >= 4 is 17.5 Å². The zero-order valence-corrected chi connectivity index (χ0v) is 8.46. The smallest absolute Gasteiger partial charge is 0.248 e.